The Bertz CT molecular complexity index is 828. The minimum atomic E-state index is -3.59. The largest absolute Gasteiger partial charge is 0.489 e. The van der Waals surface area contributed by atoms with Gasteiger partial charge in [-0.05, 0) is 55.7 Å². The first-order chi connectivity index (χ1) is 10.4. The summed E-state index contributed by atoms with van der Waals surface area (Å²) in [7, 11) is -3.59. The summed E-state index contributed by atoms with van der Waals surface area (Å²) in [6.45, 7) is 6.35. The smallest absolute Gasteiger partial charge is 0.264 e. The quantitative estimate of drug-likeness (QED) is 0.854. The summed E-state index contributed by atoms with van der Waals surface area (Å²) < 4.78 is 33.3. The molecule has 5 heteroatoms. The summed E-state index contributed by atoms with van der Waals surface area (Å²) >= 11 is 0. The van der Waals surface area contributed by atoms with Crippen molar-refractivity contribution in [3.05, 3.63) is 53.1 Å². The first-order valence-electron chi connectivity index (χ1n) is 7.23. The first-order valence-corrected chi connectivity index (χ1v) is 8.67. The zero-order chi connectivity index (χ0) is 15.9. The van der Waals surface area contributed by atoms with Gasteiger partial charge >= 0.3 is 0 Å². The Balaban J connectivity index is 2.15. The topological polar surface area (TPSA) is 46.6 Å². The van der Waals surface area contributed by atoms with E-state index >= 15 is 0 Å². The maximum Gasteiger partial charge on any atom is 0.264 e. The predicted molar refractivity (Wildman–Crippen MR) is 87.1 cm³/mol. The second kappa shape index (κ2) is 5.32. The fraction of sp³-hybridized carbons (Fsp3) is 0.294. The van der Waals surface area contributed by atoms with Crippen LogP contribution in [0, 0.1) is 20.8 Å². The lowest BCUT2D eigenvalue weighted by Crippen LogP contribution is -2.38. The monoisotopic (exact) mass is 317 g/mol. The van der Waals surface area contributed by atoms with Crippen molar-refractivity contribution in [1.82, 2.24) is 0 Å². The van der Waals surface area contributed by atoms with Gasteiger partial charge in [0.2, 0.25) is 0 Å². The van der Waals surface area contributed by atoms with Gasteiger partial charge in [0.25, 0.3) is 10.0 Å². The summed E-state index contributed by atoms with van der Waals surface area (Å²) in [5, 5.41) is 0. The maximum atomic E-state index is 13.1. The van der Waals surface area contributed by atoms with Crippen LogP contribution in [0.3, 0.4) is 0 Å². The van der Waals surface area contributed by atoms with Crippen molar-refractivity contribution in [3.8, 4) is 5.75 Å². The van der Waals surface area contributed by atoms with Gasteiger partial charge in [0, 0.05) is 0 Å². The number of hydrogen-bond acceptors (Lipinski definition) is 3. The van der Waals surface area contributed by atoms with Gasteiger partial charge < -0.3 is 4.74 Å². The standard InChI is InChI=1S/C17H19NO3S/c1-12-5-7-16-15(10-12)18(8-9-21-16)22(19,20)17-11-13(2)4-6-14(17)3/h4-7,10-11H,8-9H2,1-3H3. The zero-order valence-corrected chi connectivity index (χ0v) is 13.8. The number of fused-ring (bicyclic) bond motifs is 1. The molecule has 0 spiro atoms. The lowest BCUT2D eigenvalue weighted by atomic mass is 10.2. The fourth-order valence-electron chi connectivity index (χ4n) is 2.66. The van der Waals surface area contributed by atoms with Crippen LogP contribution in [-0.2, 0) is 10.0 Å². The van der Waals surface area contributed by atoms with E-state index in [1.54, 1.807) is 6.07 Å². The van der Waals surface area contributed by atoms with Gasteiger partial charge in [-0.15, -0.1) is 0 Å². The molecular weight excluding hydrogens is 298 g/mol. The Morgan fingerprint density at radius 2 is 1.68 bits per heavy atom. The maximum absolute atomic E-state index is 13.1. The normalized spacial score (nSPS) is 14.4. The van der Waals surface area contributed by atoms with Crippen molar-refractivity contribution in [1.29, 1.82) is 0 Å². The van der Waals surface area contributed by atoms with Gasteiger partial charge in [0.05, 0.1) is 17.1 Å². The van der Waals surface area contributed by atoms with Crippen LogP contribution >= 0.6 is 0 Å². The molecule has 0 aromatic heterocycles. The number of ether oxygens (including phenoxy) is 1. The molecule has 116 valence electrons. The molecule has 1 heterocycles. The molecule has 0 saturated carbocycles. The molecule has 0 bridgehead atoms. The Labute approximate surface area is 131 Å². The molecule has 0 atom stereocenters. The third kappa shape index (κ3) is 2.46. The van der Waals surface area contributed by atoms with Crippen LogP contribution in [0.2, 0.25) is 0 Å². The lowest BCUT2D eigenvalue weighted by Gasteiger charge is -2.31. The third-order valence-corrected chi connectivity index (χ3v) is 5.80. The molecular formula is C17H19NO3S. The second-order valence-electron chi connectivity index (χ2n) is 5.67. The van der Waals surface area contributed by atoms with Crippen molar-refractivity contribution < 1.29 is 13.2 Å². The van der Waals surface area contributed by atoms with Gasteiger partial charge in [-0.1, -0.05) is 18.2 Å². The van der Waals surface area contributed by atoms with E-state index in [2.05, 4.69) is 0 Å². The Hall–Kier alpha value is -2.01. The van der Waals surface area contributed by atoms with Crippen molar-refractivity contribution in [2.75, 3.05) is 17.5 Å². The molecule has 0 saturated heterocycles. The minimum Gasteiger partial charge on any atom is -0.489 e. The van der Waals surface area contributed by atoms with Crippen LogP contribution in [0.4, 0.5) is 5.69 Å². The minimum absolute atomic E-state index is 0.326. The average molecular weight is 317 g/mol. The molecule has 1 aliphatic heterocycles. The van der Waals surface area contributed by atoms with Gasteiger partial charge in [-0.25, -0.2) is 8.42 Å². The number of aryl methyl sites for hydroxylation is 3. The van der Waals surface area contributed by atoms with E-state index in [9.17, 15) is 8.42 Å². The van der Waals surface area contributed by atoms with Crippen molar-refractivity contribution in [2.24, 2.45) is 0 Å². The highest BCUT2D eigenvalue weighted by Crippen LogP contribution is 2.36. The number of anilines is 1. The van der Waals surface area contributed by atoms with E-state index < -0.39 is 10.0 Å². The lowest BCUT2D eigenvalue weighted by molar-refractivity contribution is 0.315. The van der Waals surface area contributed by atoms with Crippen LogP contribution in [-0.4, -0.2) is 21.6 Å². The number of hydrogen-bond donors (Lipinski definition) is 0. The van der Waals surface area contributed by atoms with E-state index in [1.165, 1.54) is 4.31 Å². The van der Waals surface area contributed by atoms with Crippen LogP contribution in [0.25, 0.3) is 0 Å². The Morgan fingerprint density at radius 3 is 2.45 bits per heavy atom. The van der Waals surface area contributed by atoms with Crippen LogP contribution in [0.1, 0.15) is 16.7 Å². The Morgan fingerprint density at radius 1 is 1.00 bits per heavy atom. The van der Waals surface area contributed by atoms with Crippen LogP contribution in [0.15, 0.2) is 41.3 Å². The van der Waals surface area contributed by atoms with E-state index in [1.807, 2.05) is 51.1 Å². The fourth-order valence-corrected chi connectivity index (χ4v) is 4.42. The van der Waals surface area contributed by atoms with E-state index in [0.717, 1.165) is 16.7 Å². The summed E-state index contributed by atoms with van der Waals surface area (Å²) in [5.41, 5.74) is 3.31. The molecule has 0 N–H and O–H groups in total. The summed E-state index contributed by atoms with van der Waals surface area (Å²) in [4.78, 5) is 0.363. The van der Waals surface area contributed by atoms with E-state index in [4.69, 9.17) is 4.74 Å². The molecule has 22 heavy (non-hydrogen) atoms. The molecule has 3 rings (SSSR count). The number of rotatable bonds is 2. The highest BCUT2D eigenvalue weighted by atomic mass is 32.2. The summed E-state index contributed by atoms with van der Waals surface area (Å²) in [6, 6.07) is 11.1. The average Bonchev–Trinajstić information content (AvgIpc) is 2.48. The molecule has 2 aromatic carbocycles. The predicted octanol–water partition coefficient (Wildman–Crippen LogP) is 3.20. The van der Waals surface area contributed by atoms with E-state index in [-0.39, 0.29) is 0 Å². The highest BCUT2D eigenvalue weighted by molar-refractivity contribution is 7.92. The SMILES string of the molecule is Cc1ccc2c(c1)N(S(=O)(=O)c1cc(C)ccc1C)CCO2. The van der Waals surface area contributed by atoms with Gasteiger partial charge in [-0.2, -0.15) is 0 Å². The van der Waals surface area contributed by atoms with Gasteiger partial charge in [0.15, 0.2) is 0 Å². The molecule has 4 nitrogen and oxygen atoms in total. The first kappa shape index (κ1) is 14.9. The molecule has 1 aliphatic rings. The molecule has 0 amide bonds. The van der Waals surface area contributed by atoms with E-state index in [0.29, 0.717) is 29.5 Å². The number of benzene rings is 2. The third-order valence-electron chi connectivity index (χ3n) is 3.85. The molecule has 0 fully saturated rings. The molecule has 2 aromatic rings. The second-order valence-corrected chi connectivity index (χ2v) is 7.50. The van der Waals surface area contributed by atoms with Crippen LogP contribution in [0.5, 0.6) is 5.75 Å². The molecule has 0 aliphatic carbocycles. The number of sulfonamides is 1. The van der Waals surface area contributed by atoms with Crippen molar-refractivity contribution in [2.45, 2.75) is 25.7 Å². The zero-order valence-electron chi connectivity index (χ0n) is 13.0. The molecule has 0 radical (unpaired) electrons. The van der Waals surface area contributed by atoms with Crippen molar-refractivity contribution >= 4 is 15.7 Å². The van der Waals surface area contributed by atoms with Crippen LogP contribution < -0.4 is 9.04 Å². The Kier molecular flexibility index (Phi) is 3.60. The van der Waals surface area contributed by atoms with Gasteiger partial charge in [-0.3, -0.25) is 4.31 Å². The van der Waals surface area contributed by atoms with Gasteiger partial charge in [0.1, 0.15) is 12.4 Å². The van der Waals surface area contributed by atoms with Crippen molar-refractivity contribution in [3.63, 3.8) is 0 Å². The summed E-state index contributed by atoms with van der Waals surface area (Å²) in [6.07, 6.45) is 0. The molecule has 0 unspecified atom stereocenters. The summed E-state index contributed by atoms with van der Waals surface area (Å²) in [5.74, 6) is 0.616. The highest BCUT2D eigenvalue weighted by Gasteiger charge is 2.31. The number of nitrogens with zero attached hydrogens (tertiary/aromatic N) is 1.